The number of nitrogen functional groups attached to an aromatic ring is 1. The van der Waals surface area contributed by atoms with Crippen molar-refractivity contribution in [3.63, 3.8) is 0 Å². The third-order valence-corrected chi connectivity index (χ3v) is 2.95. The highest BCUT2D eigenvalue weighted by Gasteiger charge is 2.18. The van der Waals surface area contributed by atoms with Crippen molar-refractivity contribution in [2.75, 3.05) is 12.8 Å². The lowest BCUT2D eigenvalue weighted by Gasteiger charge is -2.16. The van der Waals surface area contributed by atoms with Crippen LogP contribution in [0.4, 0.5) is 5.82 Å². The Hall–Kier alpha value is -1.94. The molecule has 0 aliphatic carbocycles. The first-order valence-corrected chi connectivity index (χ1v) is 6.34. The number of nitrogens with zero attached hydrogens (tertiary/aromatic N) is 2. The van der Waals surface area contributed by atoms with Crippen LogP contribution in [0.15, 0.2) is 36.4 Å². The van der Waals surface area contributed by atoms with Gasteiger partial charge in [-0.05, 0) is 11.5 Å². The number of hydrogen-bond donors (Lipinski definition) is 1. The van der Waals surface area contributed by atoms with Crippen LogP contribution in [-0.4, -0.2) is 17.1 Å². The van der Waals surface area contributed by atoms with Crippen molar-refractivity contribution < 1.29 is 4.74 Å². The average Bonchev–Trinajstić information content (AvgIpc) is 2.40. The van der Waals surface area contributed by atoms with E-state index in [2.05, 4.69) is 23.8 Å². The summed E-state index contributed by atoms with van der Waals surface area (Å²) >= 11 is 0. The summed E-state index contributed by atoms with van der Waals surface area (Å²) < 4.78 is 5.53. The van der Waals surface area contributed by atoms with E-state index >= 15 is 0 Å². The Morgan fingerprint density at radius 2 is 1.79 bits per heavy atom. The minimum absolute atomic E-state index is 0.290. The van der Waals surface area contributed by atoms with E-state index in [1.54, 1.807) is 7.11 Å². The maximum atomic E-state index is 5.86. The molecule has 0 amide bonds. The van der Waals surface area contributed by atoms with Crippen molar-refractivity contribution in [3.8, 4) is 0 Å². The van der Waals surface area contributed by atoms with Gasteiger partial charge in [0.15, 0.2) is 5.82 Å². The van der Waals surface area contributed by atoms with Gasteiger partial charge in [-0.1, -0.05) is 44.2 Å². The zero-order chi connectivity index (χ0) is 13.8. The third kappa shape index (κ3) is 3.09. The van der Waals surface area contributed by atoms with E-state index in [4.69, 9.17) is 10.5 Å². The van der Waals surface area contributed by atoms with Gasteiger partial charge in [-0.2, -0.15) is 0 Å². The van der Waals surface area contributed by atoms with Gasteiger partial charge in [0.2, 0.25) is 0 Å². The molecule has 2 aromatic rings. The molecule has 2 rings (SSSR count). The van der Waals surface area contributed by atoms with Gasteiger partial charge in [-0.25, -0.2) is 9.97 Å². The molecule has 4 heteroatoms. The second-order valence-corrected chi connectivity index (χ2v) is 4.76. The number of anilines is 1. The maximum Gasteiger partial charge on any atom is 0.164 e. The molecular formula is C15H19N3O. The van der Waals surface area contributed by atoms with Crippen LogP contribution in [0.1, 0.15) is 43.0 Å². The van der Waals surface area contributed by atoms with E-state index in [1.165, 1.54) is 0 Å². The molecule has 0 bridgehead atoms. The molecule has 0 radical (unpaired) electrons. The lowest BCUT2D eigenvalue weighted by Crippen LogP contribution is -2.12. The van der Waals surface area contributed by atoms with Crippen molar-refractivity contribution in [2.24, 2.45) is 0 Å². The molecule has 1 heterocycles. The Labute approximate surface area is 113 Å². The number of ether oxygens (including phenoxy) is 1. The highest BCUT2D eigenvalue weighted by molar-refractivity contribution is 5.33. The smallest absolute Gasteiger partial charge is 0.164 e. The van der Waals surface area contributed by atoms with E-state index < -0.39 is 0 Å². The number of benzene rings is 1. The lowest BCUT2D eigenvalue weighted by atomic mass is 10.1. The summed E-state index contributed by atoms with van der Waals surface area (Å²) in [5.74, 6) is 1.39. The van der Waals surface area contributed by atoms with E-state index in [0.717, 1.165) is 11.3 Å². The second kappa shape index (κ2) is 5.80. The molecule has 100 valence electrons. The fourth-order valence-corrected chi connectivity index (χ4v) is 1.94. The highest BCUT2D eigenvalue weighted by Crippen LogP contribution is 2.24. The third-order valence-electron chi connectivity index (χ3n) is 2.95. The van der Waals surface area contributed by atoms with E-state index in [1.807, 2.05) is 36.4 Å². The Morgan fingerprint density at radius 1 is 1.11 bits per heavy atom. The first kappa shape index (κ1) is 13.5. The first-order valence-electron chi connectivity index (χ1n) is 6.34. The van der Waals surface area contributed by atoms with Crippen molar-refractivity contribution in [3.05, 3.63) is 53.5 Å². The van der Waals surface area contributed by atoms with Crippen LogP contribution in [0.3, 0.4) is 0 Å². The van der Waals surface area contributed by atoms with Gasteiger partial charge in [-0.15, -0.1) is 0 Å². The Balaban J connectivity index is 2.44. The fourth-order valence-electron chi connectivity index (χ4n) is 1.94. The molecule has 19 heavy (non-hydrogen) atoms. The molecule has 2 N–H and O–H groups in total. The molecule has 0 aliphatic rings. The molecule has 1 unspecified atom stereocenters. The van der Waals surface area contributed by atoms with Crippen LogP contribution in [-0.2, 0) is 4.74 Å². The largest absolute Gasteiger partial charge is 0.384 e. The second-order valence-electron chi connectivity index (χ2n) is 4.76. The number of aromatic nitrogens is 2. The van der Waals surface area contributed by atoms with Crippen molar-refractivity contribution in [1.29, 1.82) is 0 Å². The normalized spacial score (nSPS) is 12.6. The fraction of sp³-hybridized carbons (Fsp3) is 0.333. The average molecular weight is 257 g/mol. The number of hydrogen-bond acceptors (Lipinski definition) is 4. The molecule has 0 fully saturated rings. The van der Waals surface area contributed by atoms with Gasteiger partial charge in [0.1, 0.15) is 11.9 Å². The van der Waals surface area contributed by atoms with Gasteiger partial charge in [0, 0.05) is 18.9 Å². The topological polar surface area (TPSA) is 61.0 Å². The summed E-state index contributed by atoms with van der Waals surface area (Å²) in [6.45, 7) is 4.16. The molecule has 0 spiro atoms. The predicted octanol–water partition coefficient (Wildman–Crippen LogP) is 2.92. The molecule has 1 atom stereocenters. The highest BCUT2D eigenvalue weighted by atomic mass is 16.5. The number of rotatable bonds is 4. The number of nitrogens with two attached hydrogens (primary N) is 1. The van der Waals surface area contributed by atoms with Crippen LogP contribution in [0, 0.1) is 0 Å². The zero-order valence-electron chi connectivity index (χ0n) is 11.5. The zero-order valence-corrected chi connectivity index (χ0v) is 11.5. The Kier molecular flexibility index (Phi) is 4.12. The summed E-state index contributed by atoms with van der Waals surface area (Å²) in [4.78, 5) is 8.87. The molecule has 0 saturated carbocycles. The summed E-state index contributed by atoms with van der Waals surface area (Å²) in [7, 11) is 1.65. The van der Waals surface area contributed by atoms with Crippen LogP contribution in [0.25, 0.3) is 0 Å². The summed E-state index contributed by atoms with van der Waals surface area (Å²) in [6, 6.07) is 11.7. The quantitative estimate of drug-likeness (QED) is 0.914. The SMILES string of the molecule is COC(c1ccccc1)c1nc(N)cc(C(C)C)n1. The van der Waals surface area contributed by atoms with Gasteiger partial charge in [0.25, 0.3) is 0 Å². The predicted molar refractivity (Wildman–Crippen MR) is 75.8 cm³/mol. The van der Waals surface area contributed by atoms with E-state index in [0.29, 0.717) is 17.6 Å². The molecule has 4 nitrogen and oxygen atoms in total. The molecular weight excluding hydrogens is 238 g/mol. The van der Waals surface area contributed by atoms with Gasteiger partial charge < -0.3 is 10.5 Å². The monoisotopic (exact) mass is 257 g/mol. The summed E-state index contributed by atoms with van der Waals surface area (Å²) in [5.41, 5.74) is 7.81. The summed E-state index contributed by atoms with van der Waals surface area (Å²) in [5, 5.41) is 0. The van der Waals surface area contributed by atoms with Gasteiger partial charge >= 0.3 is 0 Å². The Bertz CT molecular complexity index is 540. The lowest BCUT2D eigenvalue weighted by molar-refractivity contribution is 0.129. The minimum Gasteiger partial charge on any atom is -0.384 e. The van der Waals surface area contributed by atoms with E-state index in [9.17, 15) is 0 Å². The van der Waals surface area contributed by atoms with E-state index in [-0.39, 0.29) is 6.10 Å². The standard InChI is InChI=1S/C15H19N3O/c1-10(2)12-9-13(16)18-15(17-12)14(19-3)11-7-5-4-6-8-11/h4-10,14H,1-3H3,(H2,16,17,18). The first-order chi connectivity index (χ1) is 9.11. The minimum atomic E-state index is -0.290. The molecule has 1 aromatic heterocycles. The van der Waals surface area contributed by atoms with Gasteiger partial charge in [-0.3, -0.25) is 0 Å². The van der Waals surface area contributed by atoms with Gasteiger partial charge in [0.05, 0.1) is 0 Å². The van der Waals surface area contributed by atoms with Crippen LogP contribution < -0.4 is 5.73 Å². The summed E-state index contributed by atoms with van der Waals surface area (Å²) in [6.07, 6.45) is -0.290. The van der Waals surface area contributed by atoms with Crippen molar-refractivity contribution in [2.45, 2.75) is 25.9 Å². The van der Waals surface area contributed by atoms with Crippen LogP contribution in [0.5, 0.6) is 0 Å². The van der Waals surface area contributed by atoms with Crippen molar-refractivity contribution in [1.82, 2.24) is 9.97 Å². The molecule has 0 saturated heterocycles. The van der Waals surface area contributed by atoms with Crippen LogP contribution >= 0.6 is 0 Å². The maximum absolute atomic E-state index is 5.86. The Morgan fingerprint density at radius 3 is 2.37 bits per heavy atom. The van der Waals surface area contributed by atoms with Crippen molar-refractivity contribution >= 4 is 5.82 Å². The molecule has 0 aliphatic heterocycles. The molecule has 1 aromatic carbocycles. The van der Waals surface area contributed by atoms with Crippen LogP contribution in [0.2, 0.25) is 0 Å². The number of methoxy groups -OCH3 is 1.